The third kappa shape index (κ3) is 5.53. The molecule has 39 heavy (non-hydrogen) atoms. The minimum atomic E-state index is 0.916. The van der Waals surface area contributed by atoms with Crippen LogP contribution in [0.1, 0.15) is 5.56 Å². The molecule has 6 rings (SSSR count). The number of para-hydroxylation sites is 3. The molecule has 0 saturated heterocycles. The Morgan fingerprint density at radius 3 is 1.79 bits per heavy atom. The van der Waals surface area contributed by atoms with Crippen molar-refractivity contribution in [1.29, 1.82) is 0 Å². The highest BCUT2D eigenvalue weighted by Gasteiger charge is 2.14. The Labute approximate surface area is 229 Å². The lowest BCUT2D eigenvalue weighted by atomic mass is 10.0. The number of pyridine rings is 1. The van der Waals surface area contributed by atoms with E-state index in [9.17, 15) is 0 Å². The molecule has 0 aliphatic rings. The van der Waals surface area contributed by atoms with Gasteiger partial charge in [0.05, 0.1) is 11.4 Å². The molecule has 0 fully saturated rings. The predicted octanol–water partition coefficient (Wildman–Crippen LogP) is 9.64. The highest BCUT2D eigenvalue weighted by Crippen LogP contribution is 2.37. The minimum Gasteiger partial charge on any atom is -0.310 e. The van der Waals surface area contributed by atoms with Crippen molar-refractivity contribution in [2.24, 2.45) is 4.99 Å². The van der Waals surface area contributed by atoms with Crippen LogP contribution in [-0.4, -0.2) is 11.2 Å². The van der Waals surface area contributed by atoms with Gasteiger partial charge in [0.2, 0.25) is 0 Å². The zero-order chi connectivity index (χ0) is 26.3. The number of rotatable bonds is 7. The number of aliphatic imine (C=N–C) groups is 1. The molecule has 1 heterocycles. The number of hydrogen-bond donors (Lipinski definition) is 0. The van der Waals surface area contributed by atoms with E-state index in [4.69, 9.17) is 4.99 Å². The number of nitrogens with zero attached hydrogens (tertiary/aromatic N) is 3. The first-order valence-electron chi connectivity index (χ1n) is 13.0. The third-order valence-corrected chi connectivity index (χ3v) is 6.53. The highest BCUT2D eigenvalue weighted by atomic mass is 15.1. The van der Waals surface area contributed by atoms with E-state index in [1.54, 1.807) is 0 Å². The van der Waals surface area contributed by atoms with Crippen molar-refractivity contribution in [3.05, 3.63) is 163 Å². The van der Waals surface area contributed by atoms with Crippen molar-refractivity contribution in [1.82, 2.24) is 4.98 Å². The van der Waals surface area contributed by atoms with Gasteiger partial charge in [-0.1, -0.05) is 91.0 Å². The maximum atomic E-state index is 4.97. The molecule has 0 bridgehead atoms. The zero-order valence-electron chi connectivity index (χ0n) is 21.4. The van der Waals surface area contributed by atoms with Crippen molar-refractivity contribution in [3.8, 4) is 22.4 Å². The Morgan fingerprint density at radius 1 is 0.513 bits per heavy atom. The second-order valence-corrected chi connectivity index (χ2v) is 9.18. The standard InChI is InChI=1S/C36H27N3/c1-4-14-29(15-5-1)34-20-10-11-22-36(34)38-27-28-24-30(35-21-12-13-23-37-35)26-33(25-28)39(31-16-6-2-7-17-31)32-18-8-3-9-19-32/h1-27H. The van der Waals surface area contributed by atoms with Gasteiger partial charge in [-0.2, -0.15) is 0 Å². The van der Waals surface area contributed by atoms with E-state index in [-0.39, 0.29) is 0 Å². The van der Waals surface area contributed by atoms with Crippen molar-refractivity contribution in [2.45, 2.75) is 0 Å². The second-order valence-electron chi connectivity index (χ2n) is 9.18. The molecule has 0 N–H and O–H groups in total. The molecule has 0 spiro atoms. The average molecular weight is 502 g/mol. The predicted molar refractivity (Wildman–Crippen MR) is 163 cm³/mol. The largest absolute Gasteiger partial charge is 0.310 e. The summed E-state index contributed by atoms with van der Waals surface area (Å²) in [6.45, 7) is 0. The number of hydrogen-bond acceptors (Lipinski definition) is 3. The lowest BCUT2D eigenvalue weighted by Gasteiger charge is -2.26. The summed E-state index contributed by atoms with van der Waals surface area (Å²) < 4.78 is 0. The summed E-state index contributed by atoms with van der Waals surface area (Å²) >= 11 is 0. The van der Waals surface area contributed by atoms with Gasteiger partial charge >= 0.3 is 0 Å². The maximum Gasteiger partial charge on any atom is 0.0708 e. The van der Waals surface area contributed by atoms with Gasteiger partial charge in [0.1, 0.15) is 0 Å². The first kappa shape index (κ1) is 24.1. The second kappa shape index (κ2) is 11.4. The van der Waals surface area contributed by atoms with Crippen molar-refractivity contribution in [2.75, 3.05) is 4.90 Å². The van der Waals surface area contributed by atoms with E-state index in [1.807, 2.05) is 54.9 Å². The van der Waals surface area contributed by atoms with Crippen LogP contribution < -0.4 is 4.90 Å². The molecule has 186 valence electrons. The van der Waals surface area contributed by atoms with Gasteiger partial charge < -0.3 is 4.90 Å². The van der Waals surface area contributed by atoms with E-state index in [1.165, 1.54) is 0 Å². The van der Waals surface area contributed by atoms with E-state index in [0.717, 1.165) is 50.7 Å². The van der Waals surface area contributed by atoms with Gasteiger partial charge in [-0.3, -0.25) is 9.98 Å². The number of aromatic nitrogens is 1. The van der Waals surface area contributed by atoms with E-state index in [0.29, 0.717) is 0 Å². The van der Waals surface area contributed by atoms with Crippen LogP contribution in [0.5, 0.6) is 0 Å². The van der Waals surface area contributed by atoms with Gasteiger partial charge in [0.25, 0.3) is 0 Å². The van der Waals surface area contributed by atoms with E-state index >= 15 is 0 Å². The Kier molecular flexibility index (Phi) is 7.04. The molecule has 3 heteroatoms. The van der Waals surface area contributed by atoms with Crippen LogP contribution >= 0.6 is 0 Å². The smallest absolute Gasteiger partial charge is 0.0708 e. The summed E-state index contributed by atoms with van der Waals surface area (Å²) in [7, 11) is 0. The number of anilines is 3. The molecule has 0 radical (unpaired) electrons. The van der Waals surface area contributed by atoms with Crippen LogP contribution in [0.4, 0.5) is 22.7 Å². The van der Waals surface area contributed by atoms with Crippen LogP contribution in [0, 0.1) is 0 Å². The van der Waals surface area contributed by atoms with Crippen LogP contribution in [0.25, 0.3) is 22.4 Å². The third-order valence-electron chi connectivity index (χ3n) is 6.53. The van der Waals surface area contributed by atoms with Gasteiger partial charge in [-0.05, 0) is 71.8 Å². The van der Waals surface area contributed by atoms with E-state index < -0.39 is 0 Å². The monoisotopic (exact) mass is 501 g/mol. The molecule has 0 amide bonds. The molecule has 0 aliphatic heterocycles. The first-order valence-corrected chi connectivity index (χ1v) is 13.0. The maximum absolute atomic E-state index is 4.97. The van der Waals surface area contributed by atoms with Gasteiger partial charge in [-0.15, -0.1) is 0 Å². The summed E-state index contributed by atoms with van der Waals surface area (Å²) in [5.74, 6) is 0. The highest BCUT2D eigenvalue weighted by molar-refractivity contribution is 5.90. The van der Waals surface area contributed by atoms with Crippen molar-refractivity contribution >= 4 is 29.0 Å². The molecule has 0 aliphatic carbocycles. The van der Waals surface area contributed by atoms with Crippen LogP contribution in [-0.2, 0) is 0 Å². The Balaban J connectivity index is 1.49. The lowest BCUT2D eigenvalue weighted by Crippen LogP contribution is -2.10. The SMILES string of the molecule is C(=Nc1ccccc1-c1ccccc1)c1cc(-c2ccccn2)cc(N(c2ccccc2)c2ccccc2)c1. The van der Waals surface area contributed by atoms with Crippen LogP contribution in [0.3, 0.4) is 0 Å². The average Bonchev–Trinajstić information content (AvgIpc) is 3.02. The van der Waals surface area contributed by atoms with Gasteiger partial charge in [-0.25, -0.2) is 0 Å². The summed E-state index contributed by atoms with van der Waals surface area (Å²) in [5.41, 5.74) is 9.32. The fourth-order valence-corrected chi connectivity index (χ4v) is 4.71. The molecule has 5 aromatic carbocycles. The normalized spacial score (nSPS) is 11.0. The molecule has 6 aromatic rings. The fraction of sp³-hybridized carbons (Fsp3) is 0. The van der Waals surface area contributed by atoms with Gasteiger partial charge in [0.15, 0.2) is 0 Å². The lowest BCUT2D eigenvalue weighted by molar-refractivity contribution is 1.27. The fourth-order valence-electron chi connectivity index (χ4n) is 4.71. The summed E-state index contributed by atoms with van der Waals surface area (Å²) in [4.78, 5) is 11.9. The zero-order valence-corrected chi connectivity index (χ0v) is 21.4. The van der Waals surface area contributed by atoms with Crippen LogP contribution in [0.15, 0.2) is 163 Å². The summed E-state index contributed by atoms with van der Waals surface area (Å²) in [6, 6.07) is 52.0. The number of benzene rings is 5. The first-order chi connectivity index (χ1) is 19.3. The Morgan fingerprint density at radius 2 is 1.13 bits per heavy atom. The van der Waals surface area contributed by atoms with Gasteiger partial charge in [0, 0.05) is 40.6 Å². The van der Waals surface area contributed by atoms with Crippen LogP contribution in [0.2, 0.25) is 0 Å². The molecule has 3 nitrogen and oxygen atoms in total. The molecule has 0 atom stereocenters. The summed E-state index contributed by atoms with van der Waals surface area (Å²) in [5, 5.41) is 0. The van der Waals surface area contributed by atoms with E-state index in [2.05, 4.69) is 119 Å². The molecule has 0 unspecified atom stereocenters. The topological polar surface area (TPSA) is 28.5 Å². The summed E-state index contributed by atoms with van der Waals surface area (Å²) in [6.07, 6.45) is 3.78. The Hall–Kier alpha value is -5.28. The quantitative estimate of drug-likeness (QED) is 0.204. The molecule has 1 aromatic heterocycles. The molecular weight excluding hydrogens is 474 g/mol. The molecule has 0 saturated carbocycles. The molecular formula is C36H27N3. The van der Waals surface area contributed by atoms with Crippen molar-refractivity contribution < 1.29 is 0 Å². The Bertz CT molecular complexity index is 1640. The van der Waals surface area contributed by atoms with Crippen molar-refractivity contribution in [3.63, 3.8) is 0 Å². The minimum absolute atomic E-state index is 0.916.